The molecule has 2 aromatic rings. The number of hydrogen-bond donors (Lipinski definition) is 2. The van der Waals surface area contributed by atoms with Crippen LogP contribution < -0.4 is 15.5 Å². The molecule has 1 atom stereocenters. The zero-order valence-electron chi connectivity index (χ0n) is 21.1. The van der Waals surface area contributed by atoms with E-state index in [0.717, 1.165) is 35.6 Å². The van der Waals surface area contributed by atoms with Crippen molar-refractivity contribution in [2.24, 2.45) is 0 Å². The molecule has 1 unspecified atom stereocenters. The number of fused-ring (bicyclic) bond motifs is 1. The fourth-order valence-corrected chi connectivity index (χ4v) is 4.13. The summed E-state index contributed by atoms with van der Waals surface area (Å²) in [6, 6.07) is 7.46. The van der Waals surface area contributed by atoms with Crippen molar-refractivity contribution in [1.29, 1.82) is 0 Å². The second kappa shape index (κ2) is 12.3. The third kappa shape index (κ3) is 6.57. The summed E-state index contributed by atoms with van der Waals surface area (Å²) in [4.78, 5) is 37.7. The molecule has 0 saturated carbocycles. The lowest BCUT2D eigenvalue weighted by molar-refractivity contribution is -0.129. The van der Waals surface area contributed by atoms with E-state index in [2.05, 4.69) is 29.0 Å². The highest BCUT2D eigenvalue weighted by molar-refractivity contribution is 5.89. The highest BCUT2D eigenvalue weighted by Crippen LogP contribution is 2.31. The molecule has 1 fully saturated rings. The van der Waals surface area contributed by atoms with E-state index in [0.29, 0.717) is 44.4 Å². The molecule has 1 saturated heterocycles. The van der Waals surface area contributed by atoms with Gasteiger partial charge in [0, 0.05) is 46.2 Å². The lowest BCUT2D eigenvalue weighted by atomic mass is 10.0. The number of nitrogens with zero attached hydrogens (tertiary/aromatic N) is 4. The molecule has 2 aliphatic rings. The number of nitrogens with one attached hydrogen (secondary N) is 2. The summed E-state index contributed by atoms with van der Waals surface area (Å²) in [6.45, 7) is 14.7. The largest absolute Gasteiger partial charge is 0.377 e. The van der Waals surface area contributed by atoms with Gasteiger partial charge >= 0.3 is 6.03 Å². The third-order valence-corrected chi connectivity index (χ3v) is 5.87. The molecular weight excluding hydrogens is 444 g/mol. The average Bonchev–Trinajstić information content (AvgIpc) is 2.84. The minimum absolute atomic E-state index is 0. The van der Waals surface area contributed by atoms with Crippen LogP contribution in [0.4, 0.5) is 16.3 Å². The van der Waals surface area contributed by atoms with Crippen LogP contribution in [0.3, 0.4) is 0 Å². The highest BCUT2D eigenvalue weighted by Gasteiger charge is 2.29. The van der Waals surface area contributed by atoms with E-state index in [4.69, 9.17) is 14.7 Å². The minimum Gasteiger partial charge on any atom is -0.377 e. The number of urea groups is 1. The molecule has 2 N–H and O–H groups in total. The molecule has 9 nitrogen and oxygen atoms in total. The van der Waals surface area contributed by atoms with Crippen molar-refractivity contribution in [2.45, 2.75) is 46.7 Å². The van der Waals surface area contributed by atoms with Crippen molar-refractivity contribution in [2.75, 3.05) is 43.1 Å². The van der Waals surface area contributed by atoms with Crippen molar-refractivity contribution >= 4 is 23.4 Å². The first-order valence-corrected chi connectivity index (χ1v) is 12.1. The normalized spacial score (nSPS) is 17.0. The Balaban J connectivity index is 0.00000131. The second-order valence-corrected chi connectivity index (χ2v) is 8.57. The molecule has 2 aliphatic heterocycles. The molecule has 1 aromatic carbocycles. The van der Waals surface area contributed by atoms with Crippen LogP contribution in [0, 0.1) is 0 Å². The molecule has 1 aromatic heterocycles. The van der Waals surface area contributed by atoms with E-state index >= 15 is 0 Å². The Morgan fingerprint density at radius 1 is 1.26 bits per heavy atom. The number of carbonyl (C=O) groups is 2. The summed E-state index contributed by atoms with van der Waals surface area (Å²) in [5.74, 6) is 1.61. The first-order valence-electron chi connectivity index (χ1n) is 12.1. The van der Waals surface area contributed by atoms with Crippen molar-refractivity contribution in [3.8, 4) is 11.4 Å². The van der Waals surface area contributed by atoms with Crippen LogP contribution in [0.1, 0.15) is 41.8 Å². The Morgan fingerprint density at radius 3 is 2.60 bits per heavy atom. The van der Waals surface area contributed by atoms with Crippen molar-refractivity contribution in [3.05, 3.63) is 48.2 Å². The number of carbonyl (C=O) groups excluding carboxylic acids is 2. The second-order valence-electron chi connectivity index (χ2n) is 8.57. The monoisotopic (exact) mass is 484 g/mol. The standard InChI is InChI=1S/C23H30N6O3.C3H6.2H2/c1-4-24-23(31)25-18-7-5-17(6-8-18)21-26-20-13-28(16(3)30)10-9-19(20)22(27-21)29-11-12-32-14-15(29)2;1-3-2;;/h5-8,15H,4,9-14H2,1-3H3,(H2,24,25,31);3H,1H2,2H3;2*1H. The molecule has 0 spiro atoms. The number of allylic oxidation sites excluding steroid dienone is 1. The first kappa shape index (κ1) is 26.2. The van der Waals surface area contributed by atoms with Gasteiger partial charge in [0.2, 0.25) is 5.91 Å². The van der Waals surface area contributed by atoms with Gasteiger partial charge in [-0.15, -0.1) is 6.58 Å². The Hall–Kier alpha value is -3.46. The van der Waals surface area contributed by atoms with Crippen LogP contribution in [-0.4, -0.2) is 65.7 Å². The van der Waals surface area contributed by atoms with Gasteiger partial charge in [-0.3, -0.25) is 4.79 Å². The first-order chi connectivity index (χ1) is 16.9. The average molecular weight is 485 g/mol. The Labute approximate surface area is 210 Å². The van der Waals surface area contributed by atoms with Crippen molar-refractivity contribution in [1.82, 2.24) is 20.2 Å². The van der Waals surface area contributed by atoms with Gasteiger partial charge in [-0.1, -0.05) is 6.08 Å². The van der Waals surface area contributed by atoms with E-state index in [1.165, 1.54) is 0 Å². The highest BCUT2D eigenvalue weighted by atomic mass is 16.5. The molecule has 35 heavy (non-hydrogen) atoms. The van der Waals surface area contributed by atoms with Crippen LogP contribution in [0.5, 0.6) is 0 Å². The molecule has 0 bridgehead atoms. The number of aromatic nitrogens is 2. The van der Waals surface area contributed by atoms with E-state index in [1.54, 1.807) is 13.0 Å². The van der Waals surface area contributed by atoms with Crippen LogP contribution >= 0.6 is 0 Å². The number of amides is 3. The van der Waals surface area contributed by atoms with Gasteiger partial charge in [0.25, 0.3) is 0 Å². The van der Waals surface area contributed by atoms with Crippen LogP contribution in [0.25, 0.3) is 11.4 Å². The van der Waals surface area contributed by atoms with E-state index < -0.39 is 0 Å². The van der Waals surface area contributed by atoms with Gasteiger partial charge in [0.05, 0.1) is 31.5 Å². The Kier molecular flexibility index (Phi) is 9.19. The van der Waals surface area contributed by atoms with Gasteiger partial charge < -0.3 is 25.2 Å². The number of benzene rings is 1. The fourth-order valence-electron chi connectivity index (χ4n) is 4.13. The van der Waals surface area contributed by atoms with Gasteiger partial charge in [0.1, 0.15) is 5.82 Å². The smallest absolute Gasteiger partial charge is 0.319 e. The van der Waals surface area contributed by atoms with E-state index in [-0.39, 0.29) is 20.8 Å². The predicted molar refractivity (Wildman–Crippen MR) is 143 cm³/mol. The molecule has 192 valence electrons. The Bertz CT molecular complexity index is 1050. The van der Waals surface area contributed by atoms with Gasteiger partial charge in [-0.25, -0.2) is 14.8 Å². The maximum atomic E-state index is 12.0. The summed E-state index contributed by atoms with van der Waals surface area (Å²) in [5.41, 5.74) is 3.57. The van der Waals surface area contributed by atoms with Gasteiger partial charge in [-0.05, 0) is 51.5 Å². The Morgan fingerprint density at radius 2 is 1.97 bits per heavy atom. The molecule has 4 rings (SSSR count). The number of morpholine rings is 1. The maximum Gasteiger partial charge on any atom is 0.319 e. The molecule has 0 radical (unpaired) electrons. The minimum atomic E-state index is -0.238. The molecule has 9 heteroatoms. The summed E-state index contributed by atoms with van der Waals surface area (Å²) >= 11 is 0. The predicted octanol–water partition coefficient (Wildman–Crippen LogP) is 4.10. The fraction of sp³-hybridized carbons (Fsp3) is 0.462. The third-order valence-electron chi connectivity index (χ3n) is 5.87. The summed E-state index contributed by atoms with van der Waals surface area (Å²) < 4.78 is 5.63. The van der Waals surface area contributed by atoms with E-state index in [9.17, 15) is 9.59 Å². The number of anilines is 2. The van der Waals surface area contributed by atoms with Gasteiger partial charge in [-0.2, -0.15) is 0 Å². The maximum absolute atomic E-state index is 12.0. The van der Waals surface area contributed by atoms with Crippen LogP contribution in [-0.2, 0) is 22.5 Å². The summed E-state index contributed by atoms with van der Waals surface area (Å²) in [5, 5.41) is 5.51. The SMILES string of the molecule is C=CC.CCNC(=O)Nc1ccc(-c2nc3c(c(N4CCOCC4C)n2)CCN(C(C)=O)C3)cc1.[HH].[HH]. The number of ether oxygens (including phenoxy) is 1. The van der Waals surface area contributed by atoms with Crippen molar-refractivity contribution < 1.29 is 17.2 Å². The topological polar surface area (TPSA) is 99.7 Å². The molecule has 0 aliphatic carbocycles. The van der Waals surface area contributed by atoms with Crippen LogP contribution in [0.2, 0.25) is 0 Å². The summed E-state index contributed by atoms with van der Waals surface area (Å²) in [6.07, 6.45) is 2.49. The molecule has 3 heterocycles. The van der Waals surface area contributed by atoms with E-state index in [1.807, 2.05) is 43.0 Å². The van der Waals surface area contributed by atoms with Crippen molar-refractivity contribution in [3.63, 3.8) is 0 Å². The quantitative estimate of drug-likeness (QED) is 0.634. The lowest BCUT2D eigenvalue weighted by Crippen LogP contribution is -2.45. The molecular formula is C26H40N6O3. The number of rotatable bonds is 4. The zero-order chi connectivity index (χ0) is 25.4. The van der Waals surface area contributed by atoms with Crippen LogP contribution in [0.15, 0.2) is 36.9 Å². The lowest BCUT2D eigenvalue weighted by Gasteiger charge is -2.37. The zero-order valence-corrected chi connectivity index (χ0v) is 21.1. The summed E-state index contributed by atoms with van der Waals surface area (Å²) in [7, 11) is 0. The van der Waals surface area contributed by atoms with Gasteiger partial charge in [0.15, 0.2) is 5.82 Å². The number of hydrogen-bond acceptors (Lipinski definition) is 6. The molecule has 3 amide bonds.